The van der Waals surface area contributed by atoms with E-state index in [1.54, 1.807) is 0 Å². The monoisotopic (exact) mass is 265 g/mol. The number of carbonyl (C=O) groups is 1. The van der Waals surface area contributed by atoms with E-state index in [1.165, 1.54) is 12.8 Å². The molecule has 1 heterocycles. The maximum Gasteiger partial charge on any atom is 0.137 e. The molecule has 3 rings (SSSR count). The summed E-state index contributed by atoms with van der Waals surface area (Å²) in [7, 11) is 0. The summed E-state index contributed by atoms with van der Waals surface area (Å²) >= 11 is 0. The molecule has 6 atom stereocenters. The van der Waals surface area contributed by atoms with Gasteiger partial charge in [0.25, 0.3) is 0 Å². The number of rotatable bonds is 2. The average molecular weight is 265 g/mol. The number of Topliss-reactive ketones (excluding diaryl/α,β-unsaturated/α-hetero) is 1. The van der Waals surface area contributed by atoms with Gasteiger partial charge in [0.05, 0.1) is 6.10 Å². The van der Waals surface area contributed by atoms with Crippen molar-refractivity contribution in [3.05, 3.63) is 0 Å². The van der Waals surface area contributed by atoms with Gasteiger partial charge in [0.1, 0.15) is 5.78 Å². The van der Waals surface area contributed by atoms with Crippen LogP contribution in [0.1, 0.15) is 39.5 Å². The molecule has 0 spiro atoms. The van der Waals surface area contributed by atoms with Crippen LogP contribution in [-0.2, 0) is 4.79 Å². The van der Waals surface area contributed by atoms with Gasteiger partial charge < -0.3 is 10.0 Å². The van der Waals surface area contributed by atoms with Crippen molar-refractivity contribution in [3.8, 4) is 0 Å². The minimum atomic E-state index is -0.0884. The first-order valence-electron chi connectivity index (χ1n) is 7.97. The van der Waals surface area contributed by atoms with Crippen molar-refractivity contribution >= 4 is 5.78 Å². The Hall–Kier alpha value is -0.410. The van der Waals surface area contributed by atoms with Gasteiger partial charge in [-0.15, -0.1) is 0 Å². The van der Waals surface area contributed by atoms with Crippen molar-refractivity contribution in [1.29, 1.82) is 0 Å². The van der Waals surface area contributed by atoms with Crippen molar-refractivity contribution in [1.82, 2.24) is 4.90 Å². The van der Waals surface area contributed by atoms with Crippen LogP contribution in [-0.4, -0.2) is 41.5 Å². The third-order valence-corrected chi connectivity index (χ3v) is 5.77. The Kier molecular flexibility index (Phi) is 3.69. The van der Waals surface area contributed by atoms with Gasteiger partial charge in [0.15, 0.2) is 0 Å². The Morgan fingerprint density at radius 3 is 2.74 bits per heavy atom. The topological polar surface area (TPSA) is 40.5 Å². The first-order valence-corrected chi connectivity index (χ1v) is 7.97. The van der Waals surface area contributed by atoms with Gasteiger partial charge in [-0.2, -0.15) is 0 Å². The fraction of sp³-hybridized carbons (Fsp3) is 0.938. The smallest absolute Gasteiger partial charge is 0.137 e. The molecule has 1 saturated heterocycles. The number of ketones is 1. The van der Waals surface area contributed by atoms with E-state index in [1.807, 2.05) is 0 Å². The van der Waals surface area contributed by atoms with E-state index in [9.17, 15) is 9.90 Å². The Morgan fingerprint density at radius 1 is 1.26 bits per heavy atom. The largest absolute Gasteiger partial charge is 0.393 e. The molecule has 0 aromatic rings. The zero-order valence-electron chi connectivity index (χ0n) is 12.2. The van der Waals surface area contributed by atoms with Crippen LogP contribution >= 0.6 is 0 Å². The standard InChI is InChI=1S/C16H27NO2/c1-10-5-11(2)13(16(19)6-10)8-17-7-12-3-4-15(18)14(12)9-17/h10-15,18H,3-9H2,1-2H3. The second-order valence-corrected chi connectivity index (χ2v) is 7.38. The zero-order chi connectivity index (χ0) is 13.6. The first kappa shape index (κ1) is 13.6. The molecule has 2 saturated carbocycles. The number of aliphatic hydroxyl groups excluding tert-OH is 1. The summed E-state index contributed by atoms with van der Waals surface area (Å²) in [6.07, 6.45) is 4.04. The summed E-state index contributed by atoms with van der Waals surface area (Å²) < 4.78 is 0. The second-order valence-electron chi connectivity index (χ2n) is 7.38. The van der Waals surface area contributed by atoms with Gasteiger partial charge in [0.2, 0.25) is 0 Å². The number of aliphatic hydroxyl groups is 1. The molecule has 6 unspecified atom stereocenters. The van der Waals surface area contributed by atoms with Crippen LogP contribution in [0.25, 0.3) is 0 Å². The maximum absolute atomic E-state index is 12.2. The molecule has 0 bridgehead atoms. The Labute approximate surface area is 116 Å². The molecule has 3 nitrogen and oxygen atoms in total. The molecule has 0 aromatic heterocycles. The average Bonchev–Trinajstić information content (AvgIpc) is 2.86. The van der Waals surface area contributed by atoms with Crippen LogP contribution in [0.15, 0.2) is 0 Å². The van der Waals surface area contributed by atoms with Crippen molar-refractivity contribution in [2.45, 2.75) is 45.6 Å². The second kappa shape index (κ2) is 5.17. The molecule has 1 aliphatic heterocycles. The highest BCUT2D eigenvalue weighted by atomic mass is 16.3. The lowest BCUT2D eigenvalue weighted by atomic mass is 9.74. The van der Waals surface area contributed by atoms with Crippen molar-refractivity contribution in [3.63, 3.8) is 0 Å². The van der Waals surface area contributed by atoms with Crippen molar-refractivity contribution in [2.75, 3.05) is 19.6 Å². The summed E-state index contributed by atoms with van der Waals surface area (Å²) in [5, 5.41) is 9.97. The molecule has 3 heteroatoms. The molecule has 0 radical (unpaired) electrons. The fourth-order valence-corrected chi connectivity index (χ4v) is 4.73. The van der Waals surface area contributed by atoms with Crippen molar-refractivity contribution in [2.24, 2.45) is 29.6 Å². The fourth-order valence-electron chi connectivity index (χ4n) is 4.73. The number of hydrogen-bond donors (Lipinski definition) is 1. The lowest BCUT2D eigenvalue weighted by Gasteiger charge is -2.34. The van der Waals surface area contributed by atoms with Gasteiger partial charge in [-0.3, -0.25) is 4.79 Å². The van der Waals surface area contributed by atoms with Crippen LogP contribution in [0, 0.1) is 29.6 Å². The van der Waals surface area contributed by atoms with Gasteiger partial charge in [-0.1, -0.05) is 13.8 Å². The molecular weight excluding hydrogens is 238 g/mol. The maximum atomic E-state index is 12.2. The van der Waals surface area contributed by atoms with Crippen LogP contribution in [0.3, 0.4) is 0 Å². The SMILES string of the molecule is CC1CC(=O)C(CN2CC3CCC(O)C3C2)C(C)C1. The van der Waals surface area contributed by atoms with Crippen molar-refractivity contribution < 1.29 is 9.90 Å². The zero-order valence-corrected chi connectivity index (χ0v) is 12.2. The van der Waals surface area contributed by atoms with E-state index in [0.717, 1.165) is 32.5 Å². The number of nitrogens with zero attached hydrogens (tertiary/aromatic N) is 1. The minimum Gasteiger partial charge on any atom is -0.393 e. The van der Waals surface area contributed by atoms with Crippen LogP contribution in [0.5, 0.6) is 0 Å². The molecule has 3 fully saturated rings. The van der Waals surface area contributed by atoms with Gasteiger partial charge in [-0.05, 0) is 37.0 Å². The molecule has 3 aliphatic rings. The minimum absolute atomic E-state index is 0.0884. The van der Waals surface area contributed by atoms with E-state index >= 15 is 0 Å². The lowest BCUT2D eigenvalue weighted by molar-refractivity contribution is -0.128. The number of fused-ring (bicyclic) bond motifs is 1. The van der Waals surface area contributed by atoms with Gasteiger partial charge >= 0.3 is 0 Å². The van der Waals surface area contributed by atoms with E-state index in [0.29, 0.717) is 29.5 Å². The Balaban J connectivity index is 1.59. The predicted molar refractivity (Wildman–Crippen MR) is 74.7 cm³/mol. The molecule has 0 aromatic carbocycles. The van der Waals surface area contributed by atoms with Gasteiger partial charge in [0, 0.05) is 37.9 Å². The third-order valence-electron chi connectivity index (χ3n) is 5.77. The number of carbonyl (C=O) groups excluding carboxylic acids is 1. The molecule has 108 valence electrons. The quantitative estimate of drug-likeness (QED) is 0.829. The summed E-state index contributed by atoms with van der Waals surface area (Å²) in [6.45, 7) is 7.49. The highest BCUT2D eigenvalue weighted by molar-refractivity contribution is 5.82. The van der Waals surface area contributed by atoms with Crippen LogP contribution in [0.4, 0.5) is 0 Å². The van der Waals surface area contributed by atoms with E-state index in [2.05, 4.69) is 18.7 Å². The highest BCUT2D eigenvalue weighted by Crippen LogP contribution is 2.39. The van der Waals surface area contributed by atoms with Crippen LogP contribution < -0.4 is 0 Å². The Morgan fingerprint density at radius 2 is 2.05 bits per heavy atom. The summed E-state index contributed by atoms with van der Waals surface area (Å²) in [5.41, 5.74) is 0. The molecule has 1 N–H and O–H groups in total. The van der Waals surface area contributed by atoms with Crippen LogP contribution in [0.2, 0.25) is 0 Å². The Bertz CT molecular complexity index is 357. The van der Waals surface area contributed by atoms with Gasteiger partial charge in [-0.25, -0.2) is 0 Å². The summed E-state index contributed by atoms with van der Waals surface area (Å²) in [4.78, 5) is 14.7. The number of likely N-dealkylation sites (tertiary alicyclic amines) is 1. The highest BCUT2D eigenvalue weighted by Gasteiger charge is 2.43. The predicted octanol–water partition coefficient (Wildman–Crippen LogP) is 1.94. The molecular formula is C16H27NO2. The molecule has 19 heavy (non-hydrogen) atoms. The summed E-state index contributed by atoms with van der Waals surface area (Å²) in [5.74, 6) is 2.98. The number of hydrogen-bond acceptors (Lipinski definition) is 3. The molecule has 2 aliphatic carbocycles. The first-order chi connectivity index (χ1) is 9.04. The summed E-state index contributed by atoms with van der Waals surface area (Å²) in [6, 6.07) is 0. The lowest BCUT2D eigenvalue weighted by Crippen LogP contribution is -2.40. The van der Waals surface area contributed by atoms with E-state index in [-0.39, 0.29) is 12.0 Å². The normalized spacial score (nSPS) is 47.6. The third kappa shape index (κ3) is 2.59. The molecule has 0 amide bonds. The van der Waals surface area contributed by atoms with E-state index < -0.39 is 0 Å². The van der Waals surface area contributed by atoms with E-state index in [4.69, 9.17) is 0 Å².